The number of nitrogens with two attached hydrogens (primary N) is 1. The van der Waals surface area contributed by atoms with E-state index in [0.717, 1.165) is 11.8 Å². The van der Waals surface area contributed by atoms with Crippen molar-refractivity contribution in [2.45, 2.75) is 17.7 Å². The molecule has 3 atom stereocenters. The molecule has 0 aliphatic carbocycles. The number of nitrogens with one attached hydrogen (secondary N) is 4. The van der Waals surface area contributed by atoms with Crippen LogP contribution in [0.5, 0.6) is 5.75 Å². The molecule has 1 aliphatic heterocycles. The van der Waals surface area contributed by atoms with Crippen LogP contribution in [0.3, 0.4) is 0 Å². The maximum Gasteiger partial charge on any atom is 0.252 e. The summed E-state index contributed by atoms with van der Waals surface area (Å²) >= 11 is 7.11. The molecule has 9 nitrogen and oxygen atoms in total. The van der Waals surface area contributed by atoms with Crippen molar-refractivity contribution in [1.82, 2.24) is 16.0 Å². The standard InChI is InChI=1S/C20H22ClN5O4S/c1-30-14-8-7-12(21)9-13(14)23-15(27)10-31-20-25-17(22)16(19(29)26-20)24-18(28)11-5-3-2-4-6-11/h2-9,16-17,20,25H,10,22H2,1H3,(H,23,27)(H,24,28)(H,26,29). The number of carbonyl (C=O) groups excluding carboxylic acids is 3. The van der Waals surface area contributed by atoms with Crippen molar-refractivity contribution in [2.75, 3.05) is 18.2 Å². The predicted molar refractivity (Wildman–Crippen MR) is 120 cm³/mol. The third kappa shape index (κ3) is 6.11. The van der Waals surface area contributed by atoms with Gasteiger partial charge in [0, 0.05) is 10.6 Å². The van der Waals surface area contributed by atoms with Crippen LogP contribution in [-0.2, 0) is 9.59 Å². The van der Waals surface area contributed by atoms with Crippen LogP contribution < -0.4 is 31.7 Å². The summed E-state index contributed by atoms with van der Waals surface area (Å²) in [5.74, 6) is -0.647. The molecule has 2 aromatic carbocycles. The van der Waals surface area contributed by atoms with Crippen LogP contribution in [0.25, 0.3) is 0 Å². The van der Waals surface area contributed by atoms with Crippen molar-refractivity contribution in [3.05, 3.63) is 59.1 Å². The fourth-order valence-electron chi connectivity index (χ4n) is 2.88. The monoisotopic (exact) mass is 463 g/mol. The third-order valence-corrected chi connectivity index (χ3v) is 5.65. The highest BCUT2D eigenvalue weighted by molar-refractivity contribution is 8.00. The summed E-state index contributed by atoms with van der Waals surface area (Å²) in [5.41, 5.74) is 6.31. The number of benzene rings is 2. The third-order valence-electron chi connectivity index (χ3n) is 4.40. The molecular weight excluding hydrogens is 442 g/mol. The Balaban J connectivity index is 1.51. The topological polar surface area (TPSA) is 135 Å². The van der Waals surface area contributed by atoms with Crippen LogP contribution in [0.4, 0.5) is 5.69 Å². The molecule has 0 bridgehead atoms. The van der Waals surface area contributed by atoms with Gasteiger partial charge in [-0.05, 0) is 30.3 Å². The Bertz CT molecular complexity index is 962. The summed E-state index contributed by atoms with van der Waals surface area (Å²) in [6.45, 7) is 0. The summed E-state index contributed by atoms with van der Waals surface area (Å²) in [6.07, 6.45) is -0.824. The molecule has 0 aromatic heterocycles. The molecule has 31 heavy (non-hydrogen) atoms. The number of thioether (sulfide) groups is 1. The quantitative estimate of drug-likeness (QED) is 0.415. The van der Waals surface area contributed by atoms with Crippen molar-refractivity contribution in [2.24, 2.45) is 5.73 Å². The Labute approximate surface area is 188 Å². The Kier molecular flexibility index (Phi) is 7.75. The van der Waals surface area contributed by atoms with Crippen LogP contribution in [0, 0.1) is 0 Å². The lowest BCUT2D eigenvalue weighted by atomic mass is 10.1. The second kappa shape index (κ2) is 10.5. The van der Waals surface area contributed by atoms with E-state index in [4.69, 9.17) is 22.1 Å². The first-order chi connectivity index (χ1) is 14.9. The second-order valence-electron chi connectivity index (χ2n) is 6.60. The number of anilines is 1. The normalized spacial score (nSPS) is 20.5. The van der Waals surface area contributed by atoms with Gasteiger partial charge in [-0.15, -0.1) is 11.8 Å². The van der Waals surface area contributed by atoms with Gasteiger partial charge in [0.25, 0.3) is 5.91 Å². The lowest BCUT2D eigenvalue weighted by Gasteiger charge is -2.35. The highest BCUT2D eigenvalue weighted by atomic mass is 35.5. The average Bonchev–Trinajstić information content (AvgIpc) is 2.75. The summed E-state index contributed by atoms with van der Waals surface area (Å²) in [5, 5.41) is 11.5. The van der Waals surface area contributed by atoms with Crippen LogP contribution in [0.1, 0.15) is 10.4 Å². The summed E-state index contributed by atoms with van der Waals surface area (Å²) in [4.78, 5) is 37.1. The lowest BCUT2D eigenvalue weighted by molar-refractivity contribution is -0.125. The largest absolute Gasteiger partial charge is 0.495 e. The van der Waals surface area contributed by atoms with Gasteiger partial charge in [-0.2, -0.15) is 0 Å². The van der Waals surface area contributed by atoms with Gasteiger partial charge in [-0.1, -0.05) is 29.8 Å². The van der Waals surface area contributed by atoms with E-state index >= 15 is 0 Å². The molecule has 11 heteroatoms. The van der Waals surface area contributed by atoms with Crippen LogP contribution in [-0.4, -0.2) is 48.3 Å². The smallest absolute Gasteiger partial charge is 0.252 e. The van der Waals surface area contributed by atoms with Gasteiger partial charge in [-0.3, -0.25) is 19.7 Å². The Morgan fingerprint density at radius 1 is 1.23 bits per heavy atom. The molecule has 2 aromatic rings. The minimum absolute atomic E-state index is 0.0291. The van der Waals surface area contributed by atoms with Crippen molar-refractivity contribution in [3.8, 4) is 5.75 Å². The molecular formula is C20H22ClN5O4S. The van der Waals surface area contributed by atoms with Gasteiger partial charge in [0.15, 0.2) is 0 Å². The molecule has 1 heterocycles. The van der Waals surface area contributed by atoms with Gasteiger partial charge in [0.2, 0.25) is 11.8 Å². The van der Waals surface area contributed by atoms with Crippen LogP contribution >= 0.6 is 23.4 Å². The molecule has 1 saturated heterocycles. The van der Waals surface area contributed by atoms with Crippen LogP contribution in [0.15, 0.2) is 48.5 Å². The number of ether oxygens (including phenoxy) is 1. The molecule has 3 amide bonds. The Hall–Kier alpha value is -2.79. The fourth-order valence-corrected chi connectivity index (χ4v) is 3.89. The summed E-state index contributed by atoms with van der Waals surface area (Å²) in [6, 6.07) is 12.5. The van der Waals surface area contributed by atoms with Gasteiger partial charge < -0.3 is 26.4 Å². The Morgan fingerprint density at radius 2 is 1.97 bits per heavy atom. The van der Waals surface area contributed by atoms with Crippen molar-refractivity contribution in [3.63, 3.8) is 0 Å². The van der Waals surface area contributed by atoms with Crippen LogP contribution in [0.2, 0.25) is 5.02 Å². The number of halogens is 1. The van der Waals surface area contributed by atoms with E-state index < -0.39 is 29.5 Å². The SMILES string of the molecule is COc1ccc(Cl)cc1NC(=O)CSC1NC(=O)C(NC(=O)c2ccccc2)C(N)N1. The van der Waals surface area contributed by atoms with E-state index in [1.54, 1.807) is 48.5 Å². The zero-order valence-electron chi connectivity index (χ0n) is 16.6. The zero-order valence-corrected chi connectivity index (χ0v) is 18.1. The highest BCUT2D eigenvalue weighted by Gasteiger charge is 2.35. The number of methoxy groups -OCH3 is 1. The number of hydrogen-bond donors (Lipinski definition) is 5. The molecule has 3 unspecified atom stereocenters. The minimum atomic E-state index is -0.950. The number of hydrogen-bond acceptors (Lipinski definition) is 7. The summed E-state index contributed by atoms with van der Waals surface area (Å²) < 4.78 is 5.20. The van der Waals surface area contributed by atoms with Gasteiger partial charge >= 0.3 is 0 Å². The molecule has 1 fully saturated rings. The zero-order chi connectivity index (χ0) is 22.4. The van der Waals surface area contributed by atoms with E-state index in [-0.39, 0.29) is 11.7 Å². The van der Waals surface area contributed by atoms with Gasteiger partial charge in [-0.25, -0.2) is 0 Å². The molecule has 0 spiro atoms. The molecule has 0 radical (unpaired) electrons. The number of carbonyl (C=O) groups is 3. The number of rotatable bonds is 7. The minimum Gasteiger partial charge on any atom is -0.495 e. The van der Waals surface area contributed by atoms with E-state index in [9.17, 15) is 14.4 Å². The average molecular weight is 464 g/mol. The first-order valence-electron chi connectivity index (χ1n) is 9.30. The van der Waals surface area contributed by atoms with E-state index in [2.05, 4.69) is 21.3 Å². The molecule has 164 valence electrons. The van der Waals surface area contributed by atoms with Crippen molar-refractivity contribution in [1.29, 1.82) is 0 Å². The maximum atomic E-state index is 12.4. The first kappa shape index (κ1) is 22.9. The number of amides is 3. The van der Waals surface area contributed by atoms with E-state index in [1.807, 2.05) is 0 Å². The Morgan fingerprint density at radius 3 is 2.65 bits per heavy atom. The van der Waals surface area contributed by atoms with Gasteiger partial charge in [0.1, 0.15) is 17.3 Å². The first-order valence-corrected chi connectivity index (χ1v) is 10.7. The molecule has 1 aliphatic rings. The van der Waals surface area contributed by atoms with E-state index in [1.165, 1.54) is 7.11 Å². The second-order valence-corrected chi connectivity index (χ2v) is 8.13. The molecule has 0 saturated carbocycles. The van der Waals surface area contributed by atoms with Crippen molar-refractivity contribution >= 4 is 46.8 Å². The maximum absolute atomic E-state index is 12.4. The van der Waals surface area contributed by atoms with E-state index in [0.29, 0.717) is 22.0 Å². The summed E-state index contributed by atoms with van der Waals surface area (Å²) in [7, 11) is 1.49. The highest BCUT2D eigenvalue weighted by Crippen LogP contribution is 2.27. The predicted octanol–water partition coefficient (Wildman–Crippen LogP) is 1.11. The lowest BCUT2D eigenvalue weighted by Crippen LogP contribution is -2.70. The van der Waals surface area contributed by atoms with Gasteiger partial charge in [0.05, 0.1) is 24.7 Å². The molecule has 6 N–H and O–H groups in total. The fraction of sp³-hybridized carbons (Fsp3) is 0.250. The molecule has 3 rings (SSSR count). The van der Waals surface area contributed by atoms with Crippen molar-refractivity contribution < 1.29 is 19.1 Å².